The summed E-state index contributed by atoms with van der Waals surface area (Å²) < 4.78 is 89.2. The Kier molecular flexibility index (Phi) is 3.65. The number of aromatic nitrogens is 1. The third-order valence-corrected chi connectivity index (χ3v) is 2.66. The van der Waals surface area contributed by atoms with Gasteiger partial charge in [-0.3, -0.25) is 4.98 Å². The van der Waals surface area contributed by atoms with Gasteiger partial charge in [0.25, 0.3) is 0 Å². The van der Waals surface area contributed by atoms with E-state index in [4.69, 9.17) is 0 Å². The van der Waals surface area contributed by atoms with Crippen LogP contribution in [0, 0.1) is 5.82 Å². The van der Waals surface area contributed by atoms with Crippen molar-refractivity contribution in [3.05, 3.63) is 53.5 Å². The van der Waals surface area contributed by atoms with Crippen molar-refractivity contribution in [3.63, 3.8) is 0 Å². The molecular formula is C13H6F7N. The summed E-state index contributed by atoms with van der Waals surface area (Å²) in [6.07, 6.45) is -8.95. The van der Waals surface area contributed by atoms with Gasteiger partial charge in [0.2, 0.25) is 0 Å². The second kappa shape index (κ2) is 5.01. The van der Waals surface area contributed by atoms with Gasteiger partial charge >= 0.3 is 12.4 Å². The van der Waals surface area contributed by atoms with Gasteiger partial charge in [-0.15, -0.1) is 0 Å². The first-order chi connectivity index (χ1) is 9.60. The van der Waals surface area contributed by atoms with E-state index in [0.717, 1.165) is 18.2 Å². The van der Waals surface area contributed by atoms with Crippen LogP contribution >= 0.6 is 0 Å². The Morgan fingerprint density at radius 3 is 2.10 bits per heavy atom. The molecule has 0 aliphatic rings. The summed E-state index contributed by atoms with van der Waals surface area (Å²) in [4.78, 5) is 3.40. The van der Waals surface area contributed by atoms with Crippen molar-refractivity contribution >= 4 is 0 Å². The molecule has 8 heteroatoms. The Balaban J connectivity index is 2.58. The smallest absolute Gasteiger partial charge is 0.253 e. The first-order valence-corrected chi connectivity index (χ1v) is 5.50. The molecule has 0 radical (unpaired) electrons. The van der Waals surface area contributed by atoms with Crippen LogP contribution in [0.1, 0.15) is 11.1 Å². The van der Waals surface area contributed by atoms with E-state index in [1.54, 1.807) is 0 Å². The van der Waals surface area contributed by atoms with Gasteiger partial charge in [-0.25, -0.2) is 4.39 Å². The fourth-order valence-corrected chi connectivity index (χ4v) is 1.71. The SMILES string of the molecule is Fc1c(C(F)(F)F)ccnc1-c1cccc(C(F)(F)F)c1. The molecule has 1 heterocycles. The maximum absolute atomic E-state index is 13.8. The van der Waals surface area contributed by atoms with E-state index >= 15 is 0 Å². The number of benzene rings is 1. The zero-order chi connectivity index (χ0) is 15.8. The van der Waals surface area contributed by atoms with Crippen LogP contribution < -0.4 is 0 Å². The summed E-state index contributed by atoms with van der Waals surface area (Å²) in [5, 5.41) is 0. The van der Waals surface area contributed by atoms with Crippen molar-refractivity contribution in [1.82, 2.24) is 4.98 Å². The van der Waals surface area contributed by atoms with Crippen molar-refractivity contribution in [2.24, 2.45) is 0 Å². The molecule has 0 aliphatic heterocycles. The molecule has 1 aromatic heterocycles. The Labute approximate surface area is 114 Å². The minimum atomic E-state index is -4.95. The molecule has 0 spiro atoms. The van der Waals surface area contributed by atoms with Crippen molar-refractivity contribution in [2.75, 3.05) is 0 Å². The average molecular weight is 309 g/mol. The normalized spacial score (nSPS) is 12.5. The van der Waals surface area contributed by atoms with Crippen molar-refractivity contribution in [1.29, 1.82) is 0 Å². The van der Waals surface area contributed by atoms with E-state index in [1.165, 1.54) is 0 Å². The summed E-state index contributed by atoms with van der Waals surface area (Å²) in [7, 11) is 0. The number of halogens is 7. The van der Waals surface area contributed by atoms with E-state index in [1.807, 2.05) is 0 Å². The third-order valence-electron chi connectivity index (χ3n) is 2.66. The molecule has 1 nitrogen and oxygen atoms in total. The van der Waals surface area contributed by atoms with Crippen LogP contribution in [0.15, 0.2) is 36.5 Å². The molecule has 0 amide bonds. The van der Waals surface area contributed by atoms with E-state index in [2.05, 4.69) is 4.98 Å². The summed E-state index contributed by atoms with van der Waals surface area (Å²) in [5.74, 6) is -1.70. The molecule has 0 N–H and O–H groups in total. The molecule has 0 bridgehead atoms. The molecular weight excluding hydrogens is 303 g/mol. The largest absolute Gasteiger partial charge is 0.419 e. The molecule has 2 aromatic rings. The fraction of sp³-hybridized carbons (Fsp3) is 0.154. The van der Waals surface area contributed by atoms with Crippen LogP contribution in [0.5, 0.6) is 0 Å². The second-order valence-corrected chi connectivity index (χ2v) is 4.10. The van der Waals surface area contributed by atoms with Gasteiger partial charge < -0.3 is 0 Å². The van der Waals surface area contributed by atoms with Crippen LogP contribution in [0.3, 0.4) is 0 Å². The predicted molar refractivity (Wildman–Crippen MR) is 59.6 cm³/mol. The molecule has 21 heavy (non-hydrogen) atoms. The number of rotatable bonds is 1. The summed E-state index contributed by atoms with van der Waals surface area (Å²) >= 11 is 0. The van der Waals surface area contributed by atoms with Crippen molar-refractivity contribution in [3.8, 4) is 11.3 Å². The molecule has 0 fully saturated rings. The highest BCUT2D eigenvalue weighted by molar-refractivity contribution is 5.62. The molecule has 0 saturated heterocycles. The lowest BCUT2D eigenvalue weighted by Gasteiger charge is -2.12. The number of pyridine rings is 1. The third kappa shape index (κ3) is 3.14. The standard InChI is InChI=1S/C13H6F7N/c14-10-9(13(18,19)20)4-5-21-11(10)7-2-1-3-8(6-7)12(15,16)17/h1-6H. The van der Waals surface area contributed by atoms with Crippen LogP contribution in [-0.4, -0.2) is 4.98 Å². The number of hydrogen-bond donors (Lipinski definition) is 0. The van der Waals surface area contributed by atoms with Crippen LogP contribution in [-0.2, 0) is 12.4 Å². The van der Waals surface area contributed by atoms with E-state index in [0.29, 0.717) is 18.3 Å². The Morgan fingerprint density at radius 2 is 1.52 bits per heavy atom. The van der Waals surface area contributed by atoms with Gasteiger partial charge in [0.05, 0.1) is 11.1 Å². The van der Waals surface area contributed by atoms with Crippen LogP contribution in [0.4, 0.5) is 30.7 Å². The molecule has 2 rings (SSSR count). The van der Waals surface area contributed by atoms with Gasteiger partial charge in [0, 0.05) is 11.8 Å². The lowest BCUT2D eigenvalue weighted by atomic mass is 10.0. The predicted octanol–water partition coefficient (Wildman–Crippen LogP) is 4.93. The van der Waals surface area contributed by atoms with Gasteiger partial charge in [0.15, 0.2) is 5.82 Å². The Morgan fingerprint density at radius 1 is 0.857 bits per heavy atom. The van der Waals surface area contributed by atoms with Gasteiger partial charge in [-0.1, -0.05) is 12.1 Å². The van der Waals surface area contributed by atoms with Crippen molar-refractivity contribution < 1.29 is 30.7 Å². The molecule has 0 saturated carbocycles. The van der Waals surface area contributed by atoms with Crippen LogP contribution in [0.25, 0.3) is 11.3 Å². The molecule has 0 atom stereocenters. The lowest BCUT2D eigenvalue weighted by molar-refractivity contribution is -0.140. The zero-order valence-electron chi connectivity index (χ0n) is 10.1. The first-order valence-electron chi connectivity index (χ1n) is 5.50. The molecule has 112 valence electrons. The minimum absolute atomic E-state index is 0.381. The van der Waals surface area contributed by atoms with Gasteiger partial charge in [0.1, 0.15) is 5.69 Å². The summed E-state index contributed by atoms with van der Waals surface area (Å²) in [6, 6.07) is 3.73. The number of nitrogens with zero attached hydrogens (tertiary/aromatic N) is 1. The average Bonchev–Trinajstić information content (AvgIpc) is 2.37. The number of alkyl halides is 6. The maximum atomic E-state index is 13.8. The lowest BCUT2D eigenvalue weighted by Crippen LogP contribution is -2.10. The van der Waals surface area contributed by atoms with E-state index in [9.17, 15) is 30.7 Å². The van der Waals surface area contributed by atoms with Gasteiger partial charge in [-0.05, 0) is 18.2 Å². The van der Waals surface area contributed by atoms with E-state index in [-0.39, 0.29) is 5.56 Å². The van der Waals surface area contributed by atoms with E-state index < -0.39 is 35.0 Å². The zero-order valence-corrected chi connectivity index (χ0v) is 10.1. The van der Waals surface area contributed by atoms with Crippen LogP contribution in [0.2, 0.25) is 0 Å². The molecule has 0 aliphatic carbocycles. The highest BCUT2D eigenvalue weighted by Gasteiger charge is 2.36. The first kappa shape index (κ1) is 15.3. The second-order valence-electron chi connectivity index (χ2n) is 4.10. The number of hydrogen-bond acceptors (Lipinski definition) is 1. The quantitative estimate of drug-likeness (QED) is 0.681. The molecule has 1 aromatic carbocycles. The summed E-state index contributed by atoms with van der Waals surface area (Å²) in [6.45, 7) is 0. The minimum Gasteiger partial charge on any atom is -0.253 e. The topological polar surface area (TPSA) is 12.9 Å². The Bertz CT molecular complexity index is 658. The highest BCUT2D eigenvalue weighted by Crippen LogP contribution is 2.36. The monoisotopic (exact) mass is 309 g/mol. The van der Waals surface area contributed by atoms with Gasteiger partial charge in [-0.2, -0.15) is 26.3 Å². The van der Waals surface area contributed by atoms with Crippen molar-refractivity contribution in [2.45, 2.75) is 12.4 Å². The summed E-state index contributed by atoms with van der Waals surface area (Å²) in [5.41, 5.74) is -3.84. The Hall–Kier alpha value is -2.12. The maximum Gasteiger partial charge on any atom is 0.419 e. The fourth-order valence-electron chi connectivity index (χ4n) is 1.71. The highest BCUT2D eigenvalue weighted by atomic mass is 19.4. The molecule has 0 unspecified atom stereocenters.